The van der Waals surface area contributed by atoms with Crippen LogP contribution in [0.1, 0.15) is 18.0 Å². The molecule has 0 spiro atoms. The van der Waals surface area contributed by atoms with Gasteiger partial charge in [-0.1, -0.05) is 0 Å². The second-order valence-electron chi connectivity index (χ2n) is 4.60. The Morgan fingerprint density at radius 1 is 1.16 bits per heavy atom. The molecule has 2 atom stereocenters. The van der Waals surface area contributed by atoms with E-state index in [9.17, 15) is 0 Å². The summed E-state index contributed by atoms with van der Waals surface area (Å²) >= 11 is 0. The van der Waals surface area contributed by atoms with E-state index in [1.165, 1.54) is 0 Å². The van der Waals surface area contributed by atoms with Crippen LogP contribution in [0, 0.1) is 5.92 Å². The van der Waals surface area contributed by atoms with Crippen LogP contribution in [-0.2, 0) is 4.74 Å². The van der Waals surface area contributed by atoms with Crippen molar-refractivity contribution in [3.05, 3.63) is 17.7 Å². The van der Waals surface area contributed by atoms with Crippen molar-refractivity contribution in [3.8, 4) is 17.2 Å². The predicted octanol–water partition coefficient (Wildman–Crippen LogP) is 1.75. The molecule has 106 valence electrons. The van der Waals surface area contributed by atoms with E-state index in [1.54, 1.807) is 21.3 Å². The first-order valence-electron chi connectivity index (χ1n) is 6.34. The van der Waals surface area contributed by atoms with Gasteiger partial charge in [-0.2, -0.15) is 0 Å². The van der Waals surface area contributed by atoms with E-state index in [0.717, 1.165) is 18.6 Å². The second-order valence-corrected chi connectivity index (χ2v) is 4.60. The molecule has 1 aromatic rings. The topological polar surface area (TPSA) is 62.9 Å². The third-order valence-electron chi connectivity index (χ3n) is 3.56. The van der Waals surface area contributed by atoms with E-state index >= 15 is 0 Å². The number of rotatable bonds is 5. The highest BCUT2D eigenvalue weighted by Gasteiger charge is 2.29. The number of ether oxygens (including phenoxy) is 4. The molecule has 0 radical (unpaired) electrons. The minimum atomic E-state index is -0.168. The fraction of sp³-hybridized carbons (Fsp3) is 0.571. The lowest BCUT2D eigenvalue weighted by atomic mass is 9.91. The molecule has 1 heterocycles. The molecule has 1 aromatic carbocycles. The zero-order valence-corrected chi connectivity index (χ0v) is 11.6. The van der Waals surface area contributed by atoms with Crippen molar-refractivity contribution < 1.29 is 18.9 Å². The lowest BCUT2D eigenvalue weighted by Gasteiger charge is -2.23. The molecule has 1 aliphatic rings. The van der Waals surface area contributed by atoms with E-state index in [0.29, 0.717) is 23.9 Å². The van der Waals surface area contributed by atoms with Crippen molar-refractivity contribution in [2.24, 2.45) is 11.7 Å². The highest BCUT2D eigenvalue weighted by atomic mass is 16.5. The minimum absolute atomic E-state index is 0.168. The third-order valence-corrected chi connectivity index (χ3v) is 3.56. The molecule has 2 unspecified atom stereocenters. The Kier molecular flexibility index (Phi) is 4.50. The number of methoxy groups -OCH3 is 3. The molecule has 5 heteroatoms. The van der Waals surface area contributed by atoms with Gasteiger partial charge in [0.05, 0.1) is 33.5 Å². The zero-order valence-electron chi connectivity index (χ0n) is 11.6. The van der Waals surface area contributed by atoms with Gasteiger partial charge in [0.2, 0.25) is 0 Å². The molecule has 1 fully saturated rings. The molecule has 1 saturated heterocycles. The van der Waals surface area contributed by atoms with E-state index < -0.39 is 0 Å². The van der Waals surface area contributed by atoms with Gasteiger partial charge in [-0.25, -0.2) is 0 Å². The highest BCUT2D eigenvalue weighted by molar-refractivity contribution is 5.52. The summed E-state index contributed by atoms with van der Waals surface area (Å²) in [6.45, 7) is 1.44. The van der Waals surface area contributed by atoms with Gasteiger partial charge in [-0.05, 0) is 6.42 Å². The Balaban J connectivity index is 2.40. The smallest absolute Gasteiger partial charge is 0.131 e. The number of benzene rings is 1. The molecule has 0 saturated carbocycles. The van der Waals surface area contributed by atoms with E-state index in [2.05, 4.69) is 0 Å². The van der Waals surface area contributed by atoms with Gasteiger partial charge >= 0.3 is 0 Å². The maximum absolute atomic E-state index is 6.36. The van der Waals surface area contributed by atoms with Crippen molar-refractivity contribution in [2.45, 2.75) is 12.5 Å². The SMILES string of the molecule is COc1cc(OC)c(C(N)C2CCOC2)c(OC)c1. The predicted molar refractivity (Wildman–Crippen MR) is 72.0 cm³/mol. The Bertz CT molecular complexity index is 404. The van der Waals surface area contributed by atoms with Crippen molar-refractivity contribution >= 4 is 0 Å². The van der Waals surface area contributed by atoms with Gasteiger partial charge in [0, 0.05) is 30.7 Å². The largest absolute Gasteiger partial charge is 0.496 e. The van der Waals surface area contributed by atoms with Gasteiger partial charge < -0.3 is 24.7 Å². The van der Waals surface area contributed by atoms with E-state index in [1.807, 2.05) is 12.1 Å². The number of hydrogen-bond acceptors (Lipinski definition) is 5. The van der Waals surface area contributed by atoms with Gasteiger partial charge in [-0.3, -0.25) is 0 Å². The first-order valence-corrected chi connectivity index (χ1v) is 6.34. The Hall–Kier alpha value is -1.46. The molecule has 0 amide bonds. The molecular weight excluding hydrogens is 246 g/mol. The maximum Gasteiger partial charge on any atom is 0.131 e. The van der Waals surface area contributed by atoms with Gasteiger partial charge in [-0.15, -0.1) is 0 Å². The molecule has 5 nitrogen and oxygen atoms in total. The van der Waals surface area contributed by atoms with Crippen molar-refractivity contribution in [3.63, 3.8) is 0 Å². The van der Waals surface area contributed by atoms with Crippen LogP contribution in [0.15, 0.2) is 12.1 Å². The van der Waals surface area contributed by atoms with Crippen molar-refractivity contribution in [1.82, 2.24) is 0 Å². The summed E-state index contributed by atoms with van der Waals surface area (Å²) < 4.78 is 21.5. The molecule has 2 N–H and O–H groups in total. The van der Waals surface area contributed by atoms with Crippen LogP contribution >= 0.6 is 0 Å². The number of nitrogens with two attached hydrogens (primary N) is 1. The highest BCUT2D eigenvalue weighted by Crippen LogP contribution is 2.41. The van der Waals surface area contributed by atoms with Gasteiger partial charge in [0.1, 0.15) is 17.2 Å². The van der Waals surface area contributed by atoms with Crippen LogP contribution in [0.3, 0.4) is 0 Å². The van der Waals surface area contributed by atoms with Crippen LogP contribution < -0.4 is 19.9 Å². The summed E-state index contributed by atoms with van der Waals surface area (Å²) in [7, 11) is 4.85. The molecule has 0 aromatic heterocycles. The molecule has 0 bridgehead atoms. The van der Waals surface area contributed by atoms with Crippen molar-refractivity contribution in [1.29, 1.82) is 0 Å². The first kappa shape index (κ1) is 14.0. The van der Waals surface area contributed by atoms with Crippen LogP contribution in [0.25, 0.3) is 0 Å². The summed E-state index contributed by atoms with van der Waals surface area (Å²) in [5, 5.41) is 0. The second kappa shape index (κ2) is 6.12. The van der Waals surface area contributed by atoms with Crippen LogP contribution in [0.2, 0.25) is 0 Å². The Morgan fingerprint density at radius 2 is 1.79 bits per heavy atom. The summed E-state index contributed by atoms with van der Waals surface area (Å²) in [6.07, 6.45) is 0.958. The minimum Gasteiger partial charge on any atom is -0.496 e. The monoisotopic (exact) mass is 267 g/mol. The lowest BCUT2D eigenvalue weighted by Crippen LogP contribution is -2.23. The summed E-state index contributed by atoms with van der Waals surface area (Å²) in [6, 6.07) is 3.49. The van der Waals surface area contributed by atoms with Gasteiger partial charge in [0.15, 0.2) is 0 Å². The quantitative estimate of drug-likeness (QED) is 0.880. The Morgan fingerprint density at radius 3 is 2.21 bits per heavy atom. The number of hydrogen-bond donors (Lipinski definition) is 1. The van der Waals surface area contributed by atoms with Crippen LogP contribution in [-0.4, -0.2) is 34.5 Å². The summed E-state index contributed by atoms with van der Waals surface area (Å²) in [5.41, 5.74) is 7.24. The summed E-state index contributed by atoms with van der Waals surface area (Å²) in [5.74, 6) is 2.36. The normalized spacial score (nSPS) is 20.1. The molecular formula is C14H21NO4. The van der Waals surface area contributed by atoms with E-state index in [-0.39, 0.29) is 12.0 Å². The van der Waals surface area contributed by atoms with E-state index in [4.69, 9.17) is 24.7 Å². The average molecular weight is 267 g/mol. The van der Waals surface area contributed by atoms with Gasteiger partial charge in [0.25, 0.3) is 0 Å². The molecule has 1 aliphatic heterocycles. The van der Waals surface area contributed by atoms with Crippen molar-refractivity contribution in [2.75, 3.05) is 34.5 Å². The average Bonchev–Trinajstić information content (AvgIpc) is 2.99. The fourth-order valence-corrected chi connectivity index (χ4v) is 2.43. The van der Waals surface area contributed by atoms with Crippen LogP contribution in [0.5, 0.6) is 17.2 Å². The standard InChI is InChI=1S/C14H21NO4/c1-16-10-6-11(17-2)13(12(7-10)18-3)14(15)9-4-5-19-8-9/h6-7,9,14H,4-5,8,15H2,1-3H3. The molecule has 0 aliphatic carbocycles. The molecule has 19 heavy (non-hydrogen) atoms. The third kappa shape index (κ3) is 2.77. The summed E-state index contributed by atoms with van der Waals surface area (Å²) in [4.78, 5) is 0. The Labute approximate surface area is 113 Å². The van der Waals surface area contributed by atoms with Crippen LogP contribution in [0.4, 0.5) is 0 Å². The zero-order chi connectivity index (χ0) is 13.8. The molecule has 2 rings (SSSR count). The fourth-order valence-electron chi connectivity index (χ4n) is 2.43. The maximum atomic E-state index is 6.36. The lowest BCUT2D eigenvalue weighted by molar-refractivity contribution is 0.180. The first-order chi connectivity index (χ1) is 9.21.